The van der Waals surface area contributed by atoms with Crippen LogP contribution in [-0.2, 0) is 0 Å². The van der Waals surface area contributed by atoms with E-state index in [0.29, 0.717) is 0 Å². The molecule has 1 aromatic carbocycles. The van der Waals surface area contributed by atoms with Crippen molar-refractivity contribution < 1.29 is 4.98 Å². The van der Waals surface area contributed by atoms with Gasteiger partial charge < -0.3 is 0 Å². The molecule has 0 aliphatic heterocycles. The van der Waals surface area contributed by atoms with Crippen LogP contribution < -0.4 is 4.98 Å². The van der Waals surface area contributed by atoms with Crippen LogP contribution in [0.4, 0.5) is 0 Å². The van der Waals surface area contributed by atoms with Gasteiger partial charge in [-0.25, -0.2) is 4.98 Å². The smallest absolute Gasteiger partial charge is 0.167 e. The van der Waals surface area contributed by atoms with Crippen molar-refractivity contribution in [3.05, 3.63) is 66.0 Å². The van der Waals surface area contributed by atoms with Gasteiger partial charge in [-0.05, 0) is 11.1 Å². The van der Waals surface area contributed by atoms with Gasteiger partial charge in [-0.1, -0.05) is 42.5 Å². The number of benzene rings is 1. The first-order chi connectivity index (χ1) is 6.95. The number of rotatable bonds is 2. The Balaban J connectivity index is 2.16. The molecule has 2 aromatic rings. The van der Waals surface area contributed by atoms with Crippen molar-refractivity contribution >= 4 is 12.2 Å². The molecular formula is C13H12N+. The van der Waals surface area contributed by atoms with E-state index >= 15 is 0 Å². The predicted octanol–water partition coefficient (Wildman–Crippen LogP) is 2.67. The van der Waals surface area contributed by atoms with Gasteiger partial charge >= 0.3 is 0 Å². The Hall–Kier alpha value is -1.89. The summed E-state index contributed by atoms with van der Waals surface area (Å²) in [7, 11) is 0. The summed E-state index contributed by atoms with van der Waals surface area (Å²) in [6.07, 6.45) is 8.05. The minimum Gasteiger partial charge on any atom is -0.218 e. The summed E-state index contributed by atoms with van der Waals surface area (Å²) in [6.45, 7) is 0. The molecule has 1 nitrogen and oxygen atoms in total. The molecule has 0 fully saturated rings. The van der Waals surface area contributed by atoms with Crippen LogP contribution in [0.3, 0.4) is 0 Å². The van der Waals surface area contributed by atoms with Gasteiger partial charge in [-0.3, -0.25) is 0 Å². The summed E-state index contributed by atoms with van der Waals surface area (Å²) in [4.78, 5) is 3.00. The van der Waals surface area contributed by atoms with Gasteiger partial charge in [0.1, 0.15) is 0 Å². The monoisotopic (exact) mass is 182 g/mol. The predicted molar refractivity (Wildman–Crippen MR) is 58.4 cm³/mol. The number of hydrogen-bond acceptors (Lipinski definition) is 0. The Morgan fingerprint density at radius 3 is 1.93 bits per heavy atom. The zero-order valence-corrected chi connectivity index (χ0v) is 7.85. The number of H-pyrrole nitrogens is 1. The Kier molecular flexibility index (Phi) is 2.72. The highest BCUT2D eigenvalue weighted by molar-refractivity contribution is 5.68. The van der Waals surface area contributed by atoms with Crippen LogP contribution in [0.1, 0.15) is 11.1 Å². The first kappa shape index (κ1) is 8.70. The Morgan fingerprint density at radius 2 is 1.29 bits per heavy atom. The van der Waals surface area contributed by atoms with E-state index in [4.69, 9.17) is 0 Å². The maximum atomic E-state index is 3.00. The Morgan fingerprint density at radius 1 is 0.714 bits per heavy atom. The fraction of sp³-hybridized carbons (Fsp3) is 0. The maximum absolute atomic E-state index is 3.00. The molecule has 68 valence electrons. The van der Waals surface area contributed by atoms with Gasteiger partial charge in [0.15, 0.2) is 12.4 Å². The van der Waals surface area contributed by atoms with Gasteiger partial charge in [0.05, 0.1) is 0 Å². The lowest BCUT2D eigenvalue weighted by Crippen LogP contribution is -1.96. The minimum atomic E-state index is 1.20. The summed E-state index contributed by atoms with van der Waals surface area (Å²) >= 11 is 0. The summed E-state index contributed by atoms with van der Waals surface area (Å²) in [5.41, 5.74) is 2.42. The molecule has 0 radical (unpaired) electrons. The Labute approximate surface area is 83.7 Å². The van der Waals surface area contributed by atoms with E-state index < -0.39 is 0 Å². The van der Waals surface area contributed by atoms with E-state index in [1.165, 1.54) is 11.1 Å². The van der Waals surface area contributed by atoms with Gasteiger partial charge in [0, 0.05) is 12.1 Å². The molecule has 1 aromatic heterocycles. The molecule has 0 aliphatic rings. The molecule has 0 unspecified atom stereocenters. The zero-order chi connectivity index (χ0) is 9.64. The lowest BCUT2D eigenvalue weighted by molar-refractivity contribution is -0.378. The topological polar surface area (TPSA) is 14.1 Å². The normalized spacial score (nSPS) is 10.6. The molecule has 1 N–H and O–H groups in total. The second kappa shape index (κ2) is 4.38. The van der Waals surface area contributed by atoms with E-state index in [0.717, 1.165) is 0 Å². The van der Waals surface area contributed by atoms with Crippen molar-refractivity contribution in [2.75, 3.05) is 0 Å². The van der Waals surface area contributed by atoms with Gasteiger partial charge in [-0.15, -0.1) is 0 Å². The molecule has 2 rings (SSSR count). The third-order valence-corrected chi connectivity index (χ3v) is 2.01. The first-order valence-electron chi connectivity index (χ1n) is 4.64. The molecular weight excluding hydrogens is 170 g/mol. The molecule has 0 amide bonds. The standard InChI is InChI=1S/C13H11N/c1-2-4-12(5-3-1)6-7-13-8-10-14-11-9-13/h1-11H/p+1. The largest absolute Gasteiger partial charge is 0.218 e. The first-order valence-corrected chi connectivity index (χ1v) is 4.64. The van der Waals surface area contributed by atoms with E-state index in [-0.39, 0.29) is 0 Å². The summed E-state index contributed by atoms with van der Waals surface area (Å²) < 4.78 is 0. The second-order valence-electron chi connectivity index (χ2n) is 3.08. The molecule has 14 heavy (non-hydrogen) atoms. The van der Waals surface area contributed by atoms with E-state index in [2.05, 4.69) is 29.3 Å². The van der Waals surface area contributed by atoms with Crippen LogP contribution in [0.25, 0.3) is 12.2 Å². The second-order valence-corrected chi connectivity index (χ2v) is 3.08. The van der Waals surface area contributed by atoms with E-state index in [1.807, 2.05) is 42.7 Å². The summed E-state index contributed by atoms with van der Waals surface area (Å²) in [6, 6.07) is 14.4. The third-order valence-electron chi connectivity index (χ3n) is 2.01. The van der Waals surface area contributed by atoms with Crippen molar-refractivity contribution in [2.24, 2.45) is 0 Å². The molecule has 0 atom stereocenters. The number of nitrogens with one attached hydrogen (secondary N) is 1. The van der Waals surface area contributed by atoms with Crippen LogP contribution in [-0.4, -0.2) is 0 Å². The quantitative estimate of drug-likeness (QED) is 0.678. The van der Waals surface area contributed by atoms with Crippen molar-refractivity contribution in [3.8, 4) is 0 Å². The highest BCUT2D eigenvalue weighted by atomic mass is 14.6. The summed E-state index contributed by atoms with van der Waals surface area (Å²) in [5, 5.41) is 0. The third kappa shape index (κ3) is 2.30. The molecule has 0 spiro atoms. The highest BCUT2D eigenvalue weighted by Crippen LogP contribution is 2.05. The minimum absolute atomic E-state index is 1.20. The molecule has 1 heterocycles. The number of aromatic nitrogens is 1. The van der Waals surface area contributed by atoms with E-state index in [9.17, 15) is 0 Å². The Bertz CT molecular complexity index is 362. The molecule has 0 saturated carbocycles. The van der Waals surface area contributed by atoms with Crippen molar-refractivity contribution in [2.45, 2.75) is 0 Å². The van der Waals surface area contributed by atoms with Crippen molar-refractivity contribution in [3.63, 3.8) is 0 Å². The van der Waals surface area contributed by atoms with Crippen LogP contribution in [0.2, 0.25) is 0 Å². The fourth-order valence-electron chi connectivity index (χ4n) is 1.27. The SMILES string of the molecule is C(=Cc1cc[nH+]cc1)c1ccccc1. The molecule has 0 bridgehead atoms. The van der Waals surface area contributed by atoms with Crippen LogP contribution in [0.5, 0.6) is 0 Å². The van der Waals surface area contributed by atoms with Crippen molar-refractivity contribution in [1.82, 2.24) is 0 Å². The highest BCUT2D eigenvalue weighted by Gasteiger charge is 1.87. The van der Waals surface area contributed by atoms with Crippen LogP contribution in [0, 0.1) is 0 Å². The lowest BCUT2D eigenvalue weighted by Gasteiger charge is -1.91. The van der Waals surface area contributed by atoms with Gasteiger partial charge in [0.2, 0.25) is 0 Å². The fourth-order valence-corrected chi connectivity index (χ4v) is 1.27. The van der Waals surface area contributed by atoms with Crippen LogP contribution in [0.15, 0.2) is 54.9 Å². The number of hydrogen-bond donors (Lipinski definition) is 0. The number of aromatic amines is 1. The van der Waals surface area contributed by atoms with Gasteiger partial charge in [0.25, 0.3) is 0 Å². The number of pyridine rings is 1. The maximum Gasteiger partial charge on any atom is 0.167 e. The van der Waals surface area contributed by atoms with E-state index in [1.54, 1.807) is 0 Å². The summed E-state index contributed by atoms with van der Waals surface area (Å²) in [5.74, 6) is 0. The zero-order valence-electron chi connectivity index (χ0n) is 7.85. The average Bonchev–Trinajstić information content (AvgIpc) is 2.29. The van der Waals surface area contributed by atoms with Crippen molar-refractivity contribution in [1.29, 1.82) is 0 Å². The molecule has 0 saturated heterocycles. The lowest BCUT2D eigenvalue weighted by atomic mass is 10.2. The molecule has 0 aliphatic carbocycles. The average molecular weight is 182 g/mol. The van der Waals surface area contributed by atoms with Gasteiger partial charge in [-0.2, -0.15) is 0 Å². The van der Waals surface area contributed by atoms with Crippen LogP contribution >= 0.6 is 0 Å². The molecule has 1 heteroatoms.